The molecule has 0 spiro atoms. The third-order valence-corrected chi connectivity index (χ3v) is 4.49. The van der Waals surface area contributed by atoms with Crippen LogP contribution in [0.1, 0.15) is 24.3 Å². The molecule has 1 fully saturated rings. The lowest BCUT2D eigenvalue weighted by molar-refractivity contribution is -0.142. The summed E-state index contributed by atoms with van der Waals surface area (Å²) in [7, 11) is 0. The van der Waals surface area contributed by atoms with Crippen molar-refractivity contribution in [2.24, 2.45) is 0 Å². The molecular formula is C12H14O2S. The van der Waals surface area contributed by atoms with E-state index in [-0.39, 0.29) is 0 Å². The number of hydrogen-bond acceptors (Lipinski definition) is 2. The van der Waals surface area contributed by atoms with Gasteiger partial charge in [-0.25, -0.2) is 0 Å². The molecule has 0 heterocycles. The molecule has 1 aliphatic rings. The second-order valence-electron chi connectivity index (χ2n) is 4.02. The number of carbonyl (C=O) groups is 1. The summed E-state index contributed by atoms with van der Waals surface area (Å²) in [6.45, 7) is 0. The maximum atomic E-state index is 11.1. The first kappa shape index (κ1) is 10.6. The van der Waals surface area contributed by atoms with E-state index in [2.05, 4.69) is 12.1 Å². The Morgan fingerprint density at radius 2 is 2.00 bits per heavy atom. The van der Waals surface area contributed by atoms with E-state index in [1.807, 2.05) is 24.5 Å². The summed E-state index contributed by atoms with van der Waals surface area (Å²) in [5.74, 6) is -0.239. The quantitative estimate of drug-likeness (QED) is 0.854. The van der Waals surface area contributed by atoms with Crippen LogP contribution in [0.4, 0.5) is 0 Å². The fourth-order valence-corrected chi connectivity index (χ4v) is 3.04. The van der Waals surface area contributed by atoms with Gasteiger partial charge in [-0.15, -0.1) is 11.8 Å². The molecule has 0 atom stereocenters. The van der Waals surface area contributed by atoms with Gasteiger partial charge in [0.25, 0.3) is 0 Å². The highest BCUT2D eigenvalue weighted by Crippen LogP contribution is 2.51. The minimum atomic E-state index is -0.665. The molecule has 1 aliphatic carbocycles. The van der Waals surface area contributed by atoms with E-state index < -0.39 is 10.7 Å². The number of benzene rings is 1. The summed E-state index contributed by atoms with van der Waals surface area (Å²) in [5.41, 5.74) is 1.27. The first-order valence-electron chi connectivity index (χ1n) is 5.01. The third kappa shape index (κ3) is 1.76. The molecule has 1 aromatic carbocycles. The van der Waals surface area contributed by atoms with Crippen molar-refractivity contribution in [1.82, 2.24) is 0 Å². The lowest BCUT2D eigenvalue weighted by Crippen LogP contribution is -2.46. The molecule has 0 aliphatic heterocycles. The number of carboxylic acids is 1. The van der Waals surface area contributed by atoms with Crippen molar-refractivity contribution in [2.45, 2.75) is 23.5 Å². The zero-order valence-corrected chi connectivity index (χ0v) is 9.46. The molecular weight excluding hydrogens is 208 g/mol. The topological polar surface area (TPSA) is 37.3 Å². The molecule has 3 heteroatoms. The highest BCUT2D eigenvalue weighted by molar-refractivity contribution is 8.00. The van der Waals surface area contributed by atoms with E-state index >= 15 is 0 Å². The van der Waals surface area contributed by atoms with Crippen LogP contribution in [0.25, 0.3) is 0 Å². The third-order valence-electron chi connectivity index (χ3n) is 3.20. The standard InChI is InChI=1S/C12H14O2S/c1-15-12(11(13)14)7-10(8-12)9-5-3-2-4-6-9/h2-6,10H,7-8H2,1H3,(H,13,14). The Hall–Kier alpha value is -0.960. The van der Waals surface area contributed by atoms with E-state index in [0.29, 0.717) is 5.92 Å². The fourth-order valence-electron chi connectivity index (χ4n) is 2.13. The number of thioether (sulfide) groups is 1. The molecule has 1 saturated carbocycles. The Kier molecular flexibility index (Phi) is 2.74. The molecule has 2 nitrogen and oxygen atoms in total. The van der Waals surface area contributed by atoms with Crippen LogP contribution in [0.2, 0.25) is 0 Å². The second kappa shape index (κ2) is 3.89. The lowest BCUT2D eigenvalue weighted by atomic mass is 9.70. The van der Waals surface area contributed by atoms with Gasteiger partial charge in [-0.2, -0.15) is 0 Å². The Bertz CT molecular complexity index is 355. The smallest absolute Gasteiger partial charge is 0.319 e. The van der Waals surface area contributed by atoms with Crippen molar-refractivity contribution in [2.75, 3.05) is 6.26 Å². The molecule has 1 aromatic rings. The van der Waals surface area contributed by atoms with Crippen LogP contribution in [-0.2, 0) is 4.79 Å². The summed E-state index contributed by atoms with van der Waals surface area (Å²) in [5, 5.41) is 9.13. The van der Waals surface area contributed by atoms with Crippen molar-refractivity contribution in [1.29, 1.82) is 0 Å². The highest BCUT2D eigenvalue weighted by Gasteiger charge is 2.50. The Balaban J connectivity index is 2.07. The van der Waals surface area contributed by atoms with Crippen LogP contribution in [0, 0.1) is 0 Å². The summed E-state index contributed by atoms with van der Waals surface area (Å²) in [6.07, 6.45) is 3.40. The normalized spacial score (nSPS) is 29.5. The van der Waals surface area contributed by atoms with Gasteiger partial charge < -0.3 is 5.11 Å². The van der Waals surface area contributed by atoms with Gasteiger partial charge in [0.2, 0.25) is 0 Å². The van der Waals surface area contributed by atoms with E-state index in [1.165, 1.54) is 17.3 Å². The highest BCUT2D eigenvalue weighted by atomic mass is 32.2. The van der Waals surface area contributed by atoms with Crippen LogP contribution in [0.5, 0.6) is 0 Å². The van der Waals surface area contributed by atoms with Crippen LogP contribution in [0.15, 0.2) is 30.3 Å². The first-order chi connectivity index (χ1) is 7.18. The lowest BCUT2D eigenvalue weighted by Gasteiger charge is -2.43. The van der Waals surface area contributed by atoms with Crippen LogP contribution < -0.4 is 0 Å². The predicted octanol–water partition coefficient (Wildman–Crippen LogP) is 2.75. The summed E-state index contributed by atoms with van der Waals surface area (Å²) < 4.78 is -0.527. The molecule has 80 valence electrons. The van der Waals surface area contributed by atoms with E-state index in [0.717, 1.165) is 12.8 Å². The minimum absolute atomic E-state index is 0.426. The monoisotopic (exact) mass is 222 g/mol. The van der Waals surface area contributed by atoms with Crippen LogP contribution >= 0.6 is 11.8 Å². The molecule has 0 bridgehead atoms. The van der Waals surface area contributed by atoms with Crippen molar-refractivity contribution in [3.63, 3.8) is 0 Å². The van der Waals surface area contributed by atoms with Crippen molar-refractivity contribution in [3.8, 4) is 0 Å². The predicted molar refractivity (Wildman–Crippen MR) is 62.3 cm³/mol. The van der Waals surface area contributed by atoms with E-state index in [9.17, 15) is 4.79 Å². The zero-order valence-electron chi connectivity index (χ0n) is 8.64. The maximum Gasteiger partial charge on any atom is 0.319 e. The second-order valence-corrected chi connectivity index (χ2v) is 5.21. The van der Waals surface area contributed by atoms with Crippen molar-refractivity contribution in [3.05, 3.63) is 35.9 Å². The number of aliphatic carboxylic acids is 1. The molecule has 15 heavy (non-hydrogen) atoms. The molecule has 0 aromatic heterocycles. The van der Waals surface area contributed by atoms with Gasteiger partial charge in [-0.05, 0) is 30.6 Å². The number of carboxylic acid groups (broad SMARTS) is 1. The summed E-state index contributed by atoms with van der Waals surface area (Å²) in [4.78, 5) is 11.1. The van der Waals surface area contributed by atoms with Gasteiger partial charge in [0.1, 0.15) is 4.75 Å². The molecule has 0 amide bonds. The molecule has 1 N–H and O–H groups in total. The maximum absolute atomic E-state index is 11.1. The Labute approximate surface area is 93.7 Å². The van der Waals surface area contributed by atoms with Gasteiger partial charge >= 0.3 is 5.97 Å². The Morgan fingerprint density at radius 3 is 2.47 bits per heavy atom. The average molecular weight is 222 g/mol. The van der Waals surface area contributed by atoms with Gasteiger partial charge in [0, 0.05) is 0 Å². The van der Waals surface area contributed by atoms with Gasteiger partial charge in [-0.1, -0.05) is 30.3 Å². The number of hydrogen-bond donors (Lipinski definition) is 1. The van der Waals surface area contributed by atoms with Crippen molar-refractivity contribution >= 4 is 17.7 Å². The van der Waals surface area contributed by atoms with E-state index in [1.54, 1.807) is 0 Å². The molecule has 0 radical (unpaired) electrons. The molecule has 2 rings (SSSR count). The fraction of sp³-hybridized carbons (Fsp3) is 0.417. The van der Waals surface area contributed by atoms with Crippen molar-refractivity contribution < 1.29 is 9.90 Å². The largest absolute Gasteiger partial charge is 0.480 e. The SMILES string of the molecule is CSC1(C(=O)O)CC(c2ccccc2)C1. The average Bonchev–Trinajstić information content (AvgIpc) is 2.18. The first-order valence-corrected chi connectivity index (χ1v) is 6.24. The summed E-state index contributed by atoms with van der Waals surface area (Å²) in [6, 6.07) is 10.2. The van der Waals surface area contributed by atoms with Crippen LogP contribution in [-0.4, -0.2) is 22.1 Å². The number of rotatable bonds is 3. The van der Waals surface area contributed by atoms with E-state index in [4.69, 9.17) is 5.11 Å². The molecule has 0 saturated heterocycles. The van der Waals surface area contributed by atoms with Gasteiger partial charge in [-0.3, -0.25) is 4.79 Å². The Morgan fingerprint density at radius 1 is 1.40 bits per heavy atom. The van der Waals surface area contributed by atoms with Gasteiger partial charge in [0.15, 0.2) is 0 Å². The zero-order chi connectivity index (χ0) is 10.9. The molecule has 0 unspecified atom stereocenters. The minimum Gasteiger partial charge on any atom is -0.480 e. The van der Waals surface area contributed by atoms with Gasteiger partial charge in [0.05, 0.1) is 0 Å². The summed E-state index contributed by atoms with van der Waals surface area (Å²) >= 11 is 1.47. The van der Waals surface area contributed by atoms with Crippen LogP contribution in [0.3, 0.4) is 0 Å².